The van der Waals surface area contributed by atoms with Gasteiger partial charge in [0.1, 0.15) is 5.54 Å². The number of carbonyl (C=O) groups is 1. The first kappa shape index (κ1) is 21.6. The van der Waals surface area contributed by atoms with Crippen molar-refractivity contribution in [3.8, 4) is 0 Å². The lowest BCUT2D eigenvalue weighted by atomic mass is 9.72. The predicted octanol–water partition coefficient (Wildman–Crippen LogP) is 2.51. The van der Waals surface area contributed by atoms with Gasteiger partial charge in [-0.25, -0.2) is 0 Å². The van der Waals surface area contributed by atoms with E-state index in [0.29, 0.717) is 31.3 Å². The summed E-state index contributed by atoms with van der Waals surface area (Å²) in [7, 11) is -1.34. The summed E-state index contributed by atoms with van der Waals surface area (Å²) in [4.78, 5) is 14.5. The molecule has 2 heterocycles. The minimum Gasteiger partial charge on any atom is -0.480 e. The van der Waals surface area contributed by atoms with Gasteiger partial charge in [-0.2, -0.15) is 0 Å². The predicted molar refractivity (Wildman–Crippen MR) is 110 cm³/mol. The Labute approximate surface area is 171 Å². The van der Waals surface area contributed by atoms with Crippen LogP contribution >= 0.6 is 11.6 Å². The number of nitrogens with zero attached hydrogens (tertiary/aromatic N) is 1. The van der Waals surface area contributed by atoms with Gasteiger partial charge in [0.05, 0.1) is 0 Å². The summed E-state index contributed by atoms with van der Waals surface area (Å²) in [5.74, 6) is -0.990. The van der Waals surface area contributed by atoms with Crippen molar-refractivity contribution >= 4 is 24.7 Å². The highest BCUT2D eigenvalue weighted by molar-refractivity contribution is 6.40. The molecule has 0 spiro atoms. The smallest absolute Gasteiger partial charge is 0.451 e. The second-order valence-corrected chi connectivity index (χ2v) is 8.86. The second-order valence-electron chi connectivity index (χ2n) is 8.42. The van der Waals surface area contributed by atoms with Gasteiger partial charge in [0, 0.05) is 23.7 Å². The van der Waals surface area contributed by atoms with Crippen molar-refractivity contribution in [2.45, 2.75) is 75.4 Å². The molecular weight excluding hydrogens is 378 g/mol. The van der Waals surface area contributed by atoms with Crippen molar-refractivity contribution in [3.05, 3.63) is 34.9 Å². The van der Waals surface area contributed by atoms with Crippen LogP contribution in [0.25, 0.3) is 0 Å². The Hall–Kier alpha value is -1.12. The first-order valence-corrected chi connectivity index (χ1v) is 10.6. The number of halogens is 1. The lowest BCUT2D eigenvalue weighted by Gasteiger charge is -2.44. The Kier molecular flexibility index (Phi) is 7.05. The lowest BCUT2D eigenvalue weighted by molar-refractivity contribution is -0.147. The summed E-state index contributed by atoms with van der Waals surface area (Å²) < 4.78 is 0. The maximum Gasteiger partial charge on any atom is 0.451 e. The molecule has 28 heavy (non-hydrogen) atoms. The van der Waals surface area contributed by atoms with Crippen molar-refractivity contribution in [1.82, 2.24) is 4.90 Å². The molecule has 2 aliphatic heterocycles. The van der Waals surface area contributed by atoms with Crippen LogP contribution < -0.4 is 5.73 Å². The third-order valence-electron chi connectivity index (χ3n) is 6.59. The van der Waals surface area contributed by atoms with Crippen LogP contribution in [-0.2, 0) is 11.3 Å². The molecule has 1 aromatic rings. The van der Waals surface area contributed by atoms with E-state index in [9.17, 15) is 9.90 Å². The number of aliphatic carboxylic acids is 1. The molecule has 154 valence electrons. The van der Waals surface area contributed by atoms with Crippen LogP contribution in [0.4, 0.5) is 0 Å². The number of carboxylic acid groups (broad SMARTS) is 1. The van der Waals surface area contributed by atoms with Gasteiger partial charge in [-0.3, -0.25) is 9.69 Å². The zero-order valence-electron chi connectivity index (χ0n) is 16.1. The van der Waals surface area contributed by atoms with Crippen LogP contribution in [0.2, 0.25) is 11.3 Å². The number of benzene rings is 1. The van der Waals surface area contributed by atoms with Crippen LogP contribution in [0, 0.1) is 5.92 Å². The van der Waals surface area contributed by atoms with Crippen molar-refractivity contribution in [2.75, 3.05) is 0 Å². The van der Waals surface area contributed by atoms with Gasteiger partial charge in [0.2, 0.25) is 0 Å². The molecule has 3 rings (SSSR count). The van der Waals surface area contributed by atoms with Crippen LogP contribution in [0.5, 0.6) is 0 Å². The zero-order valence-corrected chi connectivity index (χ0v) is 16.9. The number of nitrogens with two attached hydrogens (primary N) is 1. The molecule has 2 aliphatic rings. The van der Waals surface area contributed by atoms with Crippen molar-refractivity contribution in [3.63, 3.8) is 0 Å². The van der Waals surface area contributed by atoms with Gasteiger partial charge < -0.3 is 20.9 Å². The monoisotopic (exact) mass is 408 g/mol. The number of piperidine rings is 1. The summed E-state index contributed by atoms with van der Waals surface area (Å²) in [6.45, 7) is 0.859. The van der Waals surface area contributed by atoms with E-state index in [1.165, 1.54) is 5.56 Å². The van der Waals surface area contributed by atoms with Crippen molar-refractivity contribution in [2.24, 2.45) is 11.7 Å². The van der Waals surface area contributed by atoms with Gasteiger partial charge in [-0.15, -0.1) is 0 Å². The van der Waals surface area contributed by atoms with E-state index < -0.39 is 18.6 Å². The molecule has 2 bridgehead atoms. The van der Waals surface area contributed by atoms with E-state index in [-0.39, 0.29) is 12.2 Å². The van der Waals surface area contributed by atoms with E-state index in [2.05, 4.69) is 4.90 Å². The number of rotatable bonds is 9. The summed E-state index contributed by atoms with van der Waals surface area (Å²) in [5, 5.41) is 28.5. The fourth-order valence-electron chi connectivity index (χ4n) is 4.98. The quantitative estimate of drug-likeness (QED) is 0.369. The Morgan fingerprint density at radius 1 is 1.18 bits per heavy atom. The number of unbranched alkanes of at least 4 members (excludes halogenated alkanes) is 1. The molecule has 0 aliphatic carbocycles. The van der Waals surface area contributed by atoms with Crippen LogP contribution in [-0.4, -0.2) is 50.8 Å². The molecule has 1 aromatic carbocycles. The normalized spacial score (nSPS) is 26.8. The average Bonchev–Trinajstić information content (AvgIpc) is 2.87. The minimum absolute atomic E-state index is 0.0528. The minimum atomic E-state index is -1.34. The first-order valence-electron chi connectivity index (χ1n) is 10.2. The van der Waals surface area contributed by atoms with Gasteiger partial charge in [0.25, 0.3) is 0 Å². The zero-order chi connectivity index (χ0) is 20.3. The second kappa shape index (κ2) is 9.14. The largest absolute Gasteiger partial charge is 0.480 e. The first-order chi connectivity index (χ1) is 13.3. The van der Waals surface area contributed by atoms with E-state index in [1.54, 1.807) is 0 Å². The lowest BCUT2D eigenvalue weighted by Crippen LogP contribution is -2.58. The highest BCUT2D eigenvalue weighted by Gasteiger charge is 2.50. The number of carboxylic acids is 1. The van der Waals surface area contributed by atoms with Gasteiger partial charge in [0.15, 0.2) is 0 Å². The summed E-state index contributed by atoms with van der Waals surface area (Å²) in [5.41, 5.74) is 6.42. The summed E-state index contributed by atoms with van der Waals surface area (Å²) in [6.07, 6.45) is 5.54. The third-order valence-corrected chi connectivity index (χ3v) is 6.84. The van der Waals surface area contributed by atoms with Gasteiger partial charge >= 0.3 is 13.1 Å². The molecule has 5 N–H and O–H groups in total. The van der Waals surface area contributed by atoms with Gasteiger partial charge in [-0.05, 0) is 62.0 Å². The van der Waals surface area contributed by atoms with Crippen LogP contribution in [0.3, 0.4) is 0 Å². The maximum absolute atomic E-state index is 12.0. The number of hydrogen-bond donors (Lipinski definition) is 4. The Morgan fingerprint density at radius 3 is 2.32 bits per heavy atom. The Morgan fingerprint density at radius 2 is 1.79 bits per heavy atom. The Balaban J connectivity index is 1.63. The topological polar surface area (TPSA) is 107 Å². The molecule has 6 nitrogen and oxygen atoms in total. The molecular formula is C20H30BClN2O4. The van der Waals surface area contributed by atoms with Crippen LogP contribution in [0.15, 0.2) is 24.3 Å². The highest BCUT2D eigenvalue weighted by Crippen LogP contribution is 2.44. The molecule has 0 radical (unpaired) electrons. The standard InChI is InChI=1S/C20H30BClN2O4/c22-16-5-3-14(4-6-16)13-24-17-7-8-18(24)12-15(11-17)20(23,19(25)26)9-1-2-10-21(27)28/h3-6,15,17-18,27-28H,1-2,7-13,23H2,(H,25,26)/t15?,17-,18+,20?. The summed E-state index contributed by atoms with van der Waals surface area (Å²) in [6, 6.07) is 8.64. The molecule has 0 aromatic heterocycles. The fraction of sp³-hybridized carbons (Fsp3) is 0.650. The molecule has 2 fully saturated rings. The molecule has 2 saturated heterocycles. The van der Waals surface area contributed by atoms with Crippen LogP contribution in [0.1, 0.15) is 50.5 Å². The van der Waals surface area contributed by atoms with Crippen molar-refractivity contribution < 1.29 is 19.9 Å². The third kappa shape index (κ3) is 4.89. The fourth-order valence-corrected chi connectivity index (χ4v) is 5.11. The molecule has 8 heteroatoms. The van der Waals surface area contributed by atoms with E-state index in [1.807, 2.05) is 24.3 Å². The van der Waals surface area contributed by atoms with Crippen molar-refractivity contribution in [1.29, 1.82) is 0 Å². The Bertz CT molecular complexity index is 661. The maximum atomic E-state index is 12.0. The van der Waals surface area contributed by atoms with E-state index >= 15 is 0 Å². The van der Waals surface area contributed by atoms with E-state index in [0.717, 1.165) is 37.3 Å². The highest BCUT2D eigenvalue weighted by atomic mass is 35.5. The number of fused-ring (bicyclic) bond motifs is 2. The SMILES string of the molecule is NC(CCCCB(O)O)(C(=O)O)C1C[C@H]2CC[C@@H](C1)N2Cc1ccc(Cl)cc1. The molecule has 0 saturated carbocycles. The molecule has 4 atom stereocenters. The number of hydrogen-bond acceptors (Lipinski definition) is 5. The molecule has 2 unspecified atom stereocenters. The average molecular weight is 409 g/mol. The van der Waals surface area contributed by atoms with Gasteiger partial charge in [-0.1, -0.05) is 36.6 Å². The van der Waals surface area contributed by atoms with E-state index in [4.69, 9.17) is 27.4 Å². The molecule has 0 amide bonds. The summed E-state index contributed by atoms with van der Waals surface area (Å²) >= 11 is 5.98.